The number of aromatic nitrogens is 1. The van der Waals surface area contributed by atoms with Crippen molar-refractivity contribution in [2.45, 2.75) is 20.4 Å². The SMILES string of the molecule is Cc1ccccc1CNC(=O)c1cncc(C(=O)Nc2cc(Cl)ccc2C)c1. The lowest BCUT2D eigenvalue weighted by Crippen LogP contribution is -2.24. The third-order valence-electron chi connectivity index (χ3n) is 4.41. The zero-order valence-corrected chi connectivity index (χ0v) is 16.4. The molecule has 0 bridgehead atoms. The van der Waals surface area contributed by atoms with Crippen LogP contribution in [0.2, 0.25) is 5.02 Å². The maximum absolute atomic E-state index is 12.6. The van der Waals surface area contributed by atoms with Gasteiger partial charge in [-0.05, 0) is 48.7 Å². The van der Waals surface area contributed by atoms with Crippen molar-refractivity contribution in [2.75, 3.05) is 5.32 Å². The van der Waals surface area contributed by atoms with E-state index < -0.39 is 0 Å². The van der Waals surface area contributed by atoms with E-state index in [9.17, 15) is 9.59 Å². The third kappa shape index (κ3) is 4.75. The second-order valence-electron chi connectivity index (χ2n) is 6.48. The molecule has 1 heterocycles. The number of carbonyl (C=O) groups excluding carboxylic acids is 2. The first-order chi connectivity index (χ1) is 13.4. The highest BCUT2D eigenvalue weighted by Gasteiger charge is 2.13. The van der Waals surface area contributed by atoms with Gasteiger partial charge in [0.05, 0.1) is 11.1 Å². The minimum atomic E-state index is -0.355. The van der Waals surface area contributed by atoms with Crippen molar-refractivity contribution < 1.29 is 9.59 Å². The molecule has 28 heavy (non-hydrogen) atoms. The summed E-state index contributed by atoms with van der Waals surface area (Å²) in [6.07, 6.45) is 2.86. The molecule has 2 amide bonds. The van der Waals surface area contributed by atoms with Crippen LogP contribution in [0, 0.1) is 13.8 Å². The van der Waals surface area contributed by atoms with Crippen molar-refractivity contribution in [3.63, 3.8) is 0 Å². The lowest BCUT2D eigenvalue weighted by molar-refractivity contribution is 0.0950. The largest absolute Gasteiger partial charge is 0.348 e. The number of rotatable bonds is 5. The molecule has 142 valence electrons. The van der Waals surface area contributed by atoms with Crippen LogP contribution in [0.1, 0.15) is 37.4 Å². The molecule has 5 nitrogen and oxygen atoms in total. The Bertz CT molecular complexity index is 1030. The van der Waals surface area contributed by atoms with Crippen molar-refractivity contribution >= 4 is 29.1 Å². The van der Waals surface area contributed by atoms with E-state index in [4.69, 9.17) is 11.6 Å². The summed E-state index contributed by atoms with van der Waals surface area (Å²) >= 11 is 5.99. The smallest absolute Gasteiger partial charge is 0.257 e. The number of pyridine rings is 1. The number of hydrogen-bond donors (Lipinski definition) is 2. The van der Waals surface area contributed by atoms with Crippen LogP contribution in [0.5, 0.6) is 0 Å². The Morgan fingerprint density at radius 1 is 0.929 bits per heavy atom. The van der Waals surface area contributed by atoms with Gasteiger partial charge in [-0.25, -0.2) is 0 Å². The molecule has 0 spiro atoms. The van der Waals surface area contributed by atoms with Crippen LogP contribution in [-0.2, 0) is 6.54 Å². The summed E-state index contributed by atoms with van der Waals surface area (Å²) in [6.45, 7) is 4.27. The Balaban J connectivity index is 1.70. The molecule has 0 unspecified atom stereocenters. The number of nitrogens with one attached hydrogen (secondary N) is 2. The molecule has 0 saturated carbocycles. The average molecular weight is 394 g/mol. The molecule has 0 aliphatic carbocycles. The molecule has 0 aliphatic heterocycles. The number of amides is 2. The van der Waals surface area contributed by atoms with E-state index in [0.29, 0.717) is 28.4 Å². The van der Waals surface area contributed by atoms with Gasteiger partial charge in [-0.2, -0.15) is 0 Å². The number of hydrogen-bond acceptors (Lipinski definition) is 3. The van der Waals surface area contributed by atoms with Crippen LogP contribution < -0.4 is 10.6 Å². The Kier molecular flexibility index (Phi) is 6.06. The van der Waals surface area contributed by atoms with Crippen LogP contribution in [-0.4, -0.2) is 16.8 Å². The molecule has 3 aromatic rings. The number of benzene rings is 2. The summed E-state index contributed by atoms with van der Waals surface area (Å²) in [6, 6.07) is 14.6. The second-order valence-corrected chi connectivity index (χ2v) is 6.92. The van der Waals surface area contributed by atoms with Crippen LogP contribution in [0.15, 0.2) is 60.9 Å². The van der Waals surface area contributed by atoms with E-state index in [1.54, 1.807) is 12.1 Å². The molecule has 0 saturated heterocycles. The lowest BCUT2D eigenvalue weighted by Gasteiger charge is -2.10. The predicted octanol–water partition coefficient (Wildman–Crippen LogP) is 4.53. The van der Waals surface area contributed by atoms with Gasteiger partial charge in [0.25, 0.3) is 11.8 Å². The molecule has 0 radical (unpaired) electrons. The number of halogens is 1. The highest BCUT2D eigenvalue weighted by molar-refractivity contribution is 6.31. The minimum absolute atomic E-state index is 0.288. The van der Waals surface area contributed by atoms with Crippen LogP contribution in [0.4, 0.5) is 5.69 Å². The number of nitrogens with zero attached hydrogens (tertiary/aromatic N) is 1. The normalized spacial score (nSPS) is 10.4. The molecule has 2 aromatic carbocycles. The van der Waals surface area contributed by atoms with Crippen LogP contribution >= 0.6 is 11.6 Å². The average Bonchev–Trinajstić information content (AvgIpc) is 2.70. The molecule has 6 heteroatoms. The molecule has 0 fully saturated rings. The first-order valence-corrected chi connectivity index (χ1v) is 9.17. The van der Waals surface area contributed by atoms with Gasteiger partial charge < -0.3 is 10.6 Å². The highest BCUT2D eigenvalue weighted by atomic mass is 35.5. The Morgan fingerprint density at radius 3 is 2.39 bits per heavy atom. The Hall–Kier alpha value is -3.18. The summed E-state index contributed by atoms with van der Waals surface area (Å²) < 4.78 is 0. The highest BCUT2D eigenvalue weighted by Crippen LogP contribution is 2.21. The standard InChI is InChI=1S/C22H20ClN3O2/c1-14-5-3-4-6-16(14)13-25-21(27)17-9-18(12-24-11-17)22(28)26-20-10-19(23)8-7-15(20)2/h3-12H,13H2,1-2H3,(H,25,27)(H,26,28). The summed E-state index contributed by atoms with van der Waals surface area (Å²) in [5, 5.41) is 6.19. The first kappa shape index (κ1) is 19.6. The minimum Gasteiger partial charge on any atom is -0.348 e. The van der Waals surface area contributed by atoms with Gasteiger partial charge >= 0.3 is 0 Å². The number of aryl methyl sites for hydroxylation is 2. The van der Waals surface area contributed by atoms with E-state index >= 15 is 0 Å². The van der Waals surface area contributed by atoms with E-state index in [2.05, 4.69) is 15.6 Å². The topological polar surface area (TPSA) is 71.1 Å². The quantitative estimate of drug-likeness (QED) is 0.668. The van der Waals surface area contributed by atoms with E-state index in [1.807, 2.05) is 44.2 Å². The Morgan fingerprint density at radius 2 is 1.64 bits per heavy atom. The molecule has 3 rings (SSSR count). The van der Waals surface area contributed by atoms with Crippen molar-refractivity contribution in [1.82, 2.24) is 10.3 Å². The van der Waals surface area contributed by atoms with Gasteiger partial charge in [-0.15, -0.1) is 0 Å². The third-order valence-corrected chi connectivity index (χ3v) is 4.65. The molecular weight excluding hydrogens is 374 g/mol. The summed E-state index contributed by atoms with van der Waals surface area (Å²) in [5.41, 5.74) is 4.26. The molecule has 1 aromatic heterocycles. The molecular formula is C22H20ClN3O2. The molecule has 0 atom stereocenters. The fourth-order valence-corrected chi connectivity index (χ4v) is 2.87. The summed E-state index contributed by atoms with van der Waals surface area (Å²) in [7, 11) is 0. The molecule has 2 N–H and O–H groups in total. The fourth-order valence-electron chi connectivity index (χ4n) is 2.70. The number of carbonyl (C=O) groups is 2. The van der Waals surface area contributed by atoms with Crippen molar-refractivity contribution in [3.05, 3.63) is 93.8 Å². The Labute approximate surface area is 168 Å². The van der Waals surface area contributed by atoms with Crippen LogP contribution in [0.3, 0.4) is 0 Å². The summed E-state index contributed by atoms with van der Waals surface area (Å²) in [5.74, 6) is -0.643. The maximum Gasteiger partial charge on any atom is 0.257 e. The van der Waals surface area contributed by atoms with Crippen molar-refractivity contribution in [1.29, 1.82) is 0 Å². The first-order valence-electron chi connectivity index (χ1n) is 8.79. The van der Waals surface area contributed by atoms with Gasteiger partial charge in [0.15, 0.2) is 0 Å². The van der Waals surface area contributed by atoms with Gasteiger partial charge in [-0.3, -0.25) is 14.6 Å². The van der Waals surface area contributed by atoms with E-state index in [1.165, 1.54) is 18.5 Å². The van der Waals surface area contributed by atoms with Crippen LogP contribution in [0.25, 0.3) is 0 Å². The maximum atomic E-state index is 12.6. The zero-order chi connectivity index (χ0) is 20.1. The van der Waals surface area contributed by atoms with Gasteiger partial charge in [0.2, 0.25) is 0 Å². The molecule has 0 aliphatic rings. The van der Waals surface area contributed by atoms with E-state index in [0.717, 1.165) is 16.7 Å². The van der Waals surface area contributed by atoms with Gasteiger partial charge in [-0.1, -0.05) is 41.9 Å². The second kappa shape index (κ2) is 8.67. The van der Waals surface area contributed by atoms with Gasteiger partial charge in [0.1, 0.15) is 0 Å². The van der Waals surface area contributed by atoms with Gasteiger partial charge in [0, 0.05) is 29.6 Å². The van der Waals surface area contributed by atoms with Crippen molar-refractivity contribution in [2.24, 2.45) is 0 Å². The van der Waals surface area contributed by atoms with E-state index in [-0.39, 0.29) is 11.8 Å². The number of anilines is 1. The monoisotopic (exact) mass is 393 g/mol. The van der Waals surface area contributed by atoms with Crippen molar-refractivity contribution in [3.8, 4) is 0 Å². The summed E-state index contributed by atoms with van der Waals surface area (Å²) in [4.78, 5) is 29.0. The predicted molar refractivity (Wildman–Crippen MR) is 111 cm³/mol. The fraction of sp³-hybridized carbons (Fsp3) is 0.136. The lowest BCUT2D eigenvalue weighted by atomic mass is 10.1. The zero-order valence-electron chi connectivity index (χ0n) is 15.6.